The molecule has 0 amide bonds. The summed E-state index contributed by atoms with van der Waals surface area (Å²) in [6.45, 7) is 1.43. The van der Waals surface area contributed by atoms with Crippen molar-refractivity contribution in [1.29, 1.82) is 0 Å². The van der Waals surface area contributed by atoms with E-state index in [1.807, 2.05) is 0 Å². The number of rotatable bonds is 2. The predicted octanol–water partition coefficient (Wildman–Crippen LogP) is 3.34. The third-order valence-corrected chi connectivity index (χ3v) is 2.79. The van der Waals surface area contributed by atoms with Crippen molar-refractivity contribution < 1.29 is 23.8 Å². The van der Waals surface area contributed by atoms with Gasteiger partial charge < -0.3 is 10.2 Å². The van der Waals surface area contributed by atoms with Gasteiger partial charge >= 0.3 is 5.97 Å². The Morgan fingerprint density at radius 3 is 2.42 bits per heavy atom. The van der Waals surface area contributed by atoms with E-state index < -0.39 is 23.4 Å². The van der Waals surface area contributed by atoms with Crippen LogP contribution in [-0.4, -0.2) is 16.2 Å². The first-order chi connectivity index (χ1) is 8.90. The second kappa shape index (κ2) is 4.68. The molecule has 0 aromatic heterocycles. The number of carbonyl (C=O) groups is 1. The lowest BCUT2D eigenvalue weighted by Gasteiger charge is -2.08. The van der Waals surface area contributed by atoms with Crippen LogP contribution in [0.25, 0.3) is 11.1 Å². The van der Waals surface area contributed by atoms with Gasteiger partial charge in [0.1, 0.15) is 22.9 Å². The number of benzene rings is 2. The molecule has 0 aliphatic carbocycles. The van der Waals surface area contributed by atoms with Crippen LogP contribution in [0.2, 0.25) is 0 Å². The highest BCUT2D eigenvalue weighted by Gasteiger charge is 2.14. The molecule has 0 saturated heterocycles. The average Bonchev–Trinajstić information content (AvgIpc) is 2.34. The van der Waals surface area contributed by atoms with Crippen molar-refractivity contribution in [3.8, 4) is 16.9 Å². The van der Waals surface area contributed by atoms with Gasteiger partial charge in [0, 0.05) is 5.56 Å². The summed E-state index contributed by atoms with van der Waals surface area (Å²) in [7, 11) is 0. The Hall–Kier alpha value is -2.43. The summed E-state index contributed by atoms with van der Waals surface area (Å²) in [6, 6.07) is 5.61. The molecule has 0 saturated carbocycles. The van der Waals surface area contributed by atoms with Crippen molar-refractivity contribution in [2.45, 2.75) is 6.92 Å². The van der Waals surface area contributed by atoms with E-state index in [4.69, 9.17) is 5.11 Å². The first-order valence-corrected chi connectivity index (χ1v) is 5.42. The number of phenols is 1. The molecule has 0 unspecified atom stereocenters. The van der Waals surface area contributed by atoms with Crippen molar-refractivity contribution >= 4 is 5.97 Å². The molecule has 0 aliphatic heterocycles. The van der Waals surface area contributed by atoms with E-state index in [-0.39, 0.29) is 22.3 Å². The molecular weight excluding hydrogens is 254 g/mol. The molecule has 0 bridgehead atoms. The van der Waals surface area contributed by atoms with Gasteiger partial charge in [0.2, 0.25) is 0 Å². The fourth-order valence-electron chi connectivity index (χ4n) is 1.74. The third-order valence-electron chi connectivity index (χ3n) is 2.79. The van der Waals surface area contributed by atoms with Crippen LogP contribution in [0.5, 0.6) is 5.75 Å². The Labute approximate surface area is 107 Å². The average molecular weight is 264 g/mol. The van der Waals surface area contributed by atoms with Crippen LogP contribution in [0, 0.1) is 18.6 Å². The number of carboxylic acid groups (broad SMARTS) is 1. The van der Waals surface area contributed by atoms with Gasteiger partial charge in [0.05, 0.1) is 0 Å². The minimum atomic E-state index is -1.34. The van der Waals surface area contributed by atoms with Crippen molar-refractivity contribution in [3.63, 3.8) is 0 Å². The Bertz CT molecular complexity index is 666. The van der Waals surface area contributed by atoms with Gasteiger partial charge in [-0.1, -0.05) is 6.07 Å². The lowest BCUT2D eigenvalue weighted by Crippen LogP contribution is -1.98. The van der Waals surface area contributed by atoms with Crippen LogP contribution in [0.4, 0.5) is 8.78 Å². The highest BCUT2D eigenvalue weighted by molar-refractivity contribution is 5.92. The van der Waals surface area contributed by atoms with Crippen LogP contribution >= 0.6 is 0 Å². The standard InChI is InChI=1S/C14H10F2O3/c1-7-4-12(16)9(6-11(7)15)8-2-3-13(17)10(5-8)14(18)19/h2-6,17H,1H3,(H,18,19). The lowest BCUT2D eigenvalue weighted by molar-refractivity contribution is 0.0694. The molecular formula is C14H10F2O3. The maximum absolute atomic E-state index is 13.8. The first kappa shape index (κ1) is 13.0. The van der Waals surface area contributed by atoms with Crippen LogP contribution < -0.4 is 0 Å². The molecule has 0 atom stereocenters. The summed E-state index contributed by atoms with van der Waals surface area (Å²) in [5.74, 6) is -3.00. The second-order valence-corrected chi connectivity index (χ2v) is 4.12. The topological polar surface area (TPSA) is 57.5 Å². The first-order valence-electron chi connectivity index (χ1n) is 5.42. The maximum atomic E-state index is 13.8. The highest BCUT2D eigenvalue weighted by Crippen LogP contribution is 2.29. The molecule has 0 heterocycles. The zero-order valence-corrected chi connectivity index (χ0v) is 9.95. The van der Waals surface area contributed by atoms with Gasteiger partial charge in [-0.3, -0.25) is 0 Å². The van der Waals surface area contributed by atoms with Crippen LogP contribution in [-0.2, 0) is 0 Å². The maximum Gasteiger partial charge on any atom is 0.339 e. The van der Waals surface area contributed by atoms with Gasteiger partial charge in [0.15, 0.2) is 0 Å². The Morgan fingerprint density at radius 2 is 1.79 bits per heavy atom. The SMILES string of the molecule is Cc1cc(F)c(-c2ccc(O)c(C(=O)O)c2)cc1F. The summed E-state index contributed by atoms with van der Waals surface area (Å²) < 4.78 is 27.2. The molecule has 19 heavy (non-hydrogen) atoms. The minimum Gasteiger partial charge on any atom is -0.507 e. The summed E-state index contributed by atoms with van der Waals surface area (Å²) in [5, 5.41) is 18.2. The Balaban J connectivity index is 2.63. The highest BCUT2D eigenvalue weighted by atomic mass is 19.1. The Morgan fingerprint density at radius 1 is 1.11 bits per heavy atom. The molecule has 98 valence electrons. The molecule has 0 radical (unpaired) electrons. The third kappa shape index (κ3) is 2.40. The van der Waals surface area contributed by atoms with Crippen LogP contribution in [0.3, 0.4) is 0 Å². The monoisotopic (exact) mass is 264 g/mol. The predicted molar refractivity (Wildman–Crippen MR) is 65.2 cm³/mol. The molecule has 0 spiro atoms. The van der Waals surface area contributed by atoms with Gasteiger partial charge in [-0.25, -0.2) is 13.6 Å². The normalized spacial score (nSPS) is 10.5. The van der Waals surface area contributed by atoms with Gasteiger partial charge in [-0.05, 0) is 42.3 Å². The molecule has 3 nitrogen and oxygen atoms in total. The van der Waals surface area contributed by atoms with Gasteiger partial charge in [0.25, 0.3) is 0 Å². The molecule has 2 aromatic rings. The van der Waals surface area contributed by atoms with Crippen molar-refractivity contribution in [2.24, 2.45) is 0 Å². The molecule has 2 aromatic carbocycles. The van der Waals surface area contributed by atoms with Crippen molar-refractivity contribution in [3.05, 3.63) is 53.1 Å². The van der Waals surface area contributed by atoms with E-state index in [1.165, 1.54) is 13.0 Å². The van der Waals surface area contributed by atoms with Gasteiger partial charge in [-0.2, -0.15) is 0 Å². The van der Waals surface area contributed by atoms with E-state index in [0.29, 0.717) is 0 Å². The molecule has 2 N–H and O–H groups in total. The minimum absolute atomic E-state index is 0.0504. The summed E-state index contributed by atoms with van der Waals surface area (Å²) in [5.41, 5.74) is -0.0615. The zero-order valence-electron chi connectivity index (χ0n) is 9.95. The van der Waals surface area contributed by atoms with E-state index in [9.17, 15) is 18.7 Å². The molecule has 0 fully saturated rings. The summed E-state index contributed by atoms with van der Waals surface area (Å²) >= 11 is 0. The lowest BCUT2D eigenvalue weighted by atomic mass is 10.0. The summed E-state index contributed by atoms with van der Waals surface area (Å²) in [6.07, 6.45) is 0. The number of carboxylic acids is 1. The number of halogens is 2. The second-order valence-electron chi connectivity index (χ2n) is 4.12. The number of aromatic carboxylic acids is 1. The van der Waals surface area contributed by atoms with E-state index in [1.54, 1.807) is 0 Å². The van der Waals surface area contributed by atoms with Crippen LogP contribution in [0.1, 0.15) is 15.9 Å². The van der Waals surface area contributed by atoms with E-state index in [0.717, 1.165) is 24.3 Å². The smallest absolute Gasteiger partial charge is 0.339 e. The van der Waals surface area contributed by atoms with Crippen molar-refractivity contribution in [2.75, 3.05) is 0 Å². The molecule has 0 aliphatic rings. The number of hydrogen-bond donors (Lipinski definition) is 2. The number of aryl methyl sites for hydroxylation is 1. The number of aromatic hydroxyl groups is 1. The molecule has 5 heteroatoms. The van der Waals surface area contributed by atoms with Crippen LogP contribution in [0.15, 0.2) is 30.3 Å². The fourth-order valence-corrected chi connectivity index (χ4v) is 1.74. The molecule has 2 rings (SSSR count). The van der Waals surface area contributed by atoms with E-state index in [2.05, 4.69) is 0 Å². The Kier molecular flexibility index (Phi) is 3.21. The fraction of sp³-hybridized carbons (Fsp3) is 0.0714. The summed E-state index contributed by atoms with van der Waals surface area (Å²) in [4.78, 5) is 10.9. The van der Waals surface area contributed by atoms with Gasteiger partial charge in [-0.15, -0.1) is 0 Å². The zero-order chi connectivity index (χ0) is 14.2. The van der Waals surface area contributed by atoms with E-state index >= 15 is 0 Å². The number of hydrogen-bond acceptors (Lipinski definition) is 2. The quantitative estimate of drug-likeness (QED) is 0.874. The van der Waals surface area contributed by atoms with Crippen molar-refractivity contribution in [1.82, 2.24) is 0 Å². The largest absolute Gasteiger partial charge is 0.507 e.